The van der Waals surface area contributed by atoms with Gasteiger partial charge in [0.1, 0.15) is 12.4 Å². The van der Waals surface area contributed by atoms with Gasteiger partial charge in [0.05, 0.1) is 16.6 Å². The van der Waals surface area contributed by atoms with E-state index in [0.29, 0.717) is 11.6 Å². The molecule has 35 heavy (non-hydrogen) atoms. The van der Waals surface area contributed by atoms with E-state index < -0.39 is 43.3 Å². The number of alkyl halides is 3. The summed E-state index contributed by atoms with van der Waals surface area (Å²) in [7, 11) is -6.23. The fourth-order valence-electron chi connectivity index (χ4n) is 2.72. The molecule has 0 unspecified atom stereocenters. The second-order valence-corrected chi connectivity index (χ2v) is 8.55. The van der Waals surface area contributed by atoms with E-state index in [1.54, 1.807) is 30.3 Å². The summed E-state index contributed by atoms with van der Waals surface area (Å²) in [5, 5.41) is 11.2. The van der Waals surface area contributed by atoms with E-state index in [4.69, 9.17) is 4.74 Å². The highest BCUT2D eigenvalue weighted by molar-refractivity contribution is 7.88. The Balaban J connectivity index is 0.000000762. The first kappa shape index (κ1) is 29.8. The lowest BCUT2D eigenvalue weighted by atomic mass is 10.1. The van der Waals surface area contributed by atoms with Crippen molar-refractivity contribution in [1.29, 1.82) is 0 Å². The standard InChI is InChI=1S/C16H12F3NO7S.C6H15N/c1-10(21)13-7-12(26-9-11-5-3-2-4-6-11)8-14(20(22)23)15(13)27-28(24,25)16(17,18)19;1-4-7(5-2)6-3/h2-8H,9H2,1H3;4-6H2,1-3H3. The zero-order chi connectivity index (χ0) is 26.8. The van der Waals surface area contributed by atoms with Gasteiger partial charge in [-0.05, 0) is 38.2 Å². The molecule has 2 rings (SSSR count). The van der Waals surface area contributed by atoms with Crippen LogP contribution in [0.2, 0.25) is 0 Å². The fourth-order valence-corrected chi connectivity index (χ4v) is 3.21. The first-order valence-electron chi connectivity index (χ1n) is 10.5. The van der Waals surface area contributed by atoms with E-state index in [9.17, 15) is 36.5 Å². The lowest BCUT2D eigenvalue weighted by molar-refractivity contribution is -0.385. The molecule has 194 valence electrons. The summed E-state index contributed by atoms with van der Waals surface area (Å²) in [5.74, 6) is -2.51. The monoisotopic (exact) mass is 520 g/mol. The van der Waals surface area contributed by atoms with Crippen LogP contribution in [0.3, 0.4) is 0 Å². The Labute approximate surface area is 201 Å². The summed E-state index contributed by atoms with van der Waals surface area (Å²) >= 11 is 0. The molecule has 2 aromatic carbocycles. The van der Waals surface area contributed by atoms with Crippen molar-refractivity contribution in [2.45, 2.75) is 39.8 Å². The first-order valence-corrected chi connectivity index (χ1v) is 11.9. The van der Waals surface area contributed by atoms with E-state index >= 15 is 0 Å². The molecule has 0 aliphatic carbocycles. The molecule has 2 aromatic rings. The second kappa shape index (κ2) is 13.0. The molecule has 13 heteroatoms. The number of carbonyl (C=O) groups excluding carboxylic acids is 1. The number of nitro benzene ring substituents is 1. The summed E-state index contributed by atoms with van der Waals surface area (Å²) in [6.45, 7) is 10.9. The van der Waals surface area contributed by atoms with Gasteiger partial charge in [-0.15, -0.1) is 0 Å². The van der Waals surface area contributed by atoms with Crippen molar-refractivity contribution in [2.24, 2.45) is 0 Å². The molecule has 0 spiro atoms. The lowest BCUT2D eigenvalue weighted by Crippen LogP contribution is -2.28. The number of ketones is 1. The highest BCUT2D eigenvalue weighted by atomic mass is 32.2. The maximum Gasteiger partial charge on any atom is 0.534 e. The van der Waals surface area contributed by atoms with Gasteiger partial charge < -0.3 is 13.8 Å². The van der Waals surface area contributed by atoms with E-state index in [0.717, 1.165) is 13.0 Å². The van der Waals surface area contributed by atoms with Crippen LogP contribution in [-0.2, 0) is 16.7 Å². The molecule has 0 aromatic heterocycles. The number of hydrogen-bond acceptors (Lipinski definition) is 8. The minimum Gasteiger partial charge on any atom is -0.489 e. The van der Waals surface area contributed by atoms with Gasteiger partial charge >= 0.3 is 21.3 Å². The van der Waals surface area contributed by atoms with Crippen molar-refractivity contribution >= 4 is 21.6 Å². The zero-order valence-corrected chi connectivity index (χ0v) is 20.5. The number of rotatable bonds is 10. The molecule has 0 aliphatic heterocycles. The van der Waals surface area contributed by atoms with Crippen molar-refractivity contribution in [3.8, 4) is 11.5 Å². The van der Waals surface area contributed by atoms with Gasteiger partial charge in [-0.1, -0.05) is 51.1 Å². The van der Waals surface area contributed by atoms with Gasteiger partial charge in [0.25, 0.3) is 0 Å². The molecule has 0 heterocycles. The fraction of sp³-hybridized carbons (Fsp3) is 0.409. The van der Waals surface area contributed by atoms with E-state index in [2.05, 4.69) is 29.9 Å². The van der Waals surface area contributed by atoms with Gasteiger partial charge in [0.2, 0.25) is 5.75 Å². The van der Waals surface area contributed by atoms with E-state index in [1.165, 1.54) is 19.6 Å². The average Bonchev–Trinajstić information content (AvgIpc) is 2.79. The van der Waals surface area contributed by atoms with Crippen molar-refractivity contribution in [2.75, 3.05) is 19.6 Å². The summed E-state index contributed by atoms with van der Waals surface area (Å²) < 4.78 is 69.5. The minimum absolute atomic E-state index is 0.0591. The number of benzene rings is 2. The van der Waals surface area contributed by atoms with E-state index in [1.807, 2.05) is 0 Å². The number of carbonyl (C=O) groups is 1. The molecule has 0 N–H and O–H groups in total. The van der Waals surface area contributed by atoms with Gasteiger partial charge in [-0.3, -0.25) is 14.9 Å². The molecule has 9 nitrogen and oxygen atoms in total. The van der Waals surface area contributed by atoms with Crippen LogP contribution in [0.1, 0.15) is 43.6 Å². The Morgan fingerprint density at radius 3 is 2.00 bits per heavy atom. The molecule has 0 saturated heterocycles. The van der Waals surface area contributed by atoms with Crippen molar-refractivity contribution in [3.05, 3.63) is 63.7 Å². The highest BCUT2D eigenvalue weighted by Gasteiger charge is 2.50. The molecule has 0 atom stereocenters. The molecule has 0 fully saturated rings. The predicted octanol–water partition coefficient (Wildman–Crippen LogP) is 4.95. The molecule has 0 saturated carbocycles. The molecular formula is C22H27F3N2O7S. The third-order valence-electron chi connectivity index (χ3n) is 4.69. The van der Waals surface area contributed by atoms with E-state index in [-0.39, 0.29) is 12.4 Å². The van der Waals surface area contributed by atoms with Crippen LogP contribution >= 0.6 is 0 Å². The largest absolute Gasteiger partial charge is 0.534 e. The van der Waals surface area contributed by atoms with Crippen LogP contribution < -0.4 is 8.92 Å². The van der Waals surface area contributed by atoms with Gasteiger partial charge in [-0.25, -0.2) is 0 Å². The Morgan fingerprint density at radius 1 is 1.06 bits per heavy atom. The smallest absolute Gasteiger partial charge is 0.489 e. The lowest BCUT2D eigenvalue weighted by Gasteiger charge is -2.14. The number of ether oxygens (including phenoxy) is 1. The zero-order valence-electron chi connectivity index (χ0n) is 19.7. The van der Waals surface area contributed by atoms with Gasteiger partial charge in [-0.2, -0.15) is 21.6 Å². The maximum atomic E-state index is 12.6. The Bertz CT molecular complexity index is 1060. The number of nitrogens with zero attached hydrogens (tertiary/aromatic N) is 2. The highest BCUT2D eigenvalue weighted by Crippen LogP contribution is 2.39. The maximum absolute atomic E-state index is 12.6. The Hall–Kier alpha value is -3.19. The molecule has 0 radical (unpaired) electrons. The molecule has 0 bridgehead atoms. The SMILES string of the molecule is CC(=O)c1cc(OCc2ccccc2)cc([N+](=O)[O-])c1OS(=O)(=O)C(F)(F)F.CCN(CC)CC. The quantitative estimate of drug-likeness (QED) is 0.142. The van der Waals surface area contributed by atoms with Crippen LogP contribution in [0, 0.1) is 10.1 Å². The molecule has 0 amide bonds. The van der Waals surface area contributed by atoms with Crippen LogP contribution in [0.15, 0.2) is 42.5 Å². The van der Waals surface area contributed by atoms with Crippen LogP contribution in [0.4, 0.5) is 18.9 Å². The van der Waals surface area contributed by atoms with Crippen LogP contribution in [0.5, 0.6) is 11.5 Å². The molecular weight excluding hydrogens is 493 g/mol. The molecule has 0 aliphatic rings. The van der Waals surface area contributed by atoms with Crippen molar-refractivity contribution in [3.63, 3.8) is 0 Å². The third kappa shape index (κ3) is 8.83. The normalized spacial score (nSPS) is 11.4. The number of Topliss-reactive ketones (excluding diaryl/α,β-unsaturated/α-hetero) is 1. The summed E-state index contributed by atoms with van der Waals surface area (Å²) in [5.41, 5.74) is -7.07. The summed E-state index contributed by atoms with van der Waals surface area (Å²) in [6.07, 6.45) is 0. The summed E-state index contributed by atoms with van der Waals surface area (Å²) in [4.78, 5) is 24.2. The van der Waals surface area contributed by atoms with Crippen molar-refractivity contribution in [1.82, 2.24) is 4.90 Å². The Morgan fingerprint density at radius 2 is 1.60 bits per heavy atom. The predicted molar refractivity (Wildman–Crippen MR) is 123 cm³/mol. The average molecular weight is 521 g/mol. The summed E-state index contributed by atoms with van der Waals surface area (Å²) in [6, 6.07) is 10.1. The van der Waals surface area contributed by atoms with Gasteiger partial charge in [0.15, 0.2) is 5.78 Å². The minimum atomic E-state index is -6.23. The van der Waals surface area contributed by atoms with Gasteiger partial charge in [0, 0.05) is 0 Å². The third-order valence-corrected chi connectivity index (χ3v) is 5.64. The Kier molecular flexibility index (Phi) is 11.1. The second-order valence-electron chi connectivity index (χ2n) is 7.01. The number of nitro groups is 1. The topological polar surface area (TPSA) is 116 Å². The van der Waals surface area contributed by atoms with Crippen LogP contribution in [0.25, 0.3) is 0 Å². The number of hydrogen-bond donors (Lipinski definition) is 0. The number of halogens is 3. The first-order chi connectivity index (χ1) is 16.3. The van der Waals surface area contributed by atoms with Crippen molar-refractivity contribution < 1.29 is 40.2 Å². The van der Waals surface area contributed by atoms with Crippen LogP contribution in [-0.4, -0.2) is 49.2 Å².